The van der Waals surface area contributed by atoms with E-state index < -0.39 is 23.8 Å². The Labute approximate surface area is 227 Å². The minimum absolute atomic E-state index is 0.339. The van der Waals surface area contributed by atoms with Gasteiger partial charge < -0.3 is 25.0 Å². The van der Waals surface area contributed by atoms with Gasteiger partial charge in [0.25, 0.3) is 5.91 Å². The molecule has 0 bridgehead atoms. The number of ether oxygens (including phenoxy) is 2. The van der Waals surface area contributed by atoms with Crippen molar-refractivity contribution in [2.24, 2.45) is 0 Å². The van der Waals surface area contributed by atoms with E-state index in [-0.39, 0.29) is 11.8 Å². The van der Waals surface area contributed by atoms with Crippen LogP contribution >= 0.6 is 0 Å². The summed E-state index contributed by atoms with van der Waals surface area (Å²) in [6.07, 6.45) is 3.05. The van der Waals surface area contributed by atoms with Gasteiger partial charge in [0, 0.05) is 12.2 Å². The SMILES string of the molecule is CCCCCCN(C(=O)C(C)NC(=O)OC(C)(C)C)C(C(=O)Nc1ccc(OC)cc1)c1cccc(C)c1. The highest BCUT2D eigenvalue weighted by Gasteiger charge is 2.34. The minimum atomic E-state index is -0.894. The minimum Gasteiger partial charge on any atom is -0.497 e. The van der Waals surface area contributed by atoms with Crippen LogP contribution in [-0.2, 0) is 14.3 Å². The van der Waals surface area contributed by atoms with E-state index in [1.54, 1.807) is 64.0 Å². The van der Waals surface area contributed by atoms with Crippen molar-refractivity contribution in [3.8, 4) is 5.75 Å². The predicted octanol–water partition coefficient (Wildman–Crippen LogP) is 6.01. The number of methoxy groups -OCH3 is 1. The van der Waals surface area contributed by atoms with Crippen molar-refractivity contribution >= 4 is 23.6 Å². The molecule has 2 atom stereocenters. The fourth-order valence-electron chi connectivity index (χ4n) is 4.07. The van der Waals surface area contributed by atoms with E-state index in [1.807, 2.05) is 31.2 Å². The first-order valence-electron chi connectivity index (χ1n) is 13.3. The second-order valence-corrected chi connectivity index (χ2v) is 10.5. The molecule has 0 saturated carbocycles. The van der Waals surface area contributed by atoms with Crippen LogP contribution in [-0.4, -0.2) is 48.1 Å². The molecule has 2 aromatic rings. The summed E-state index contributed by atoms with van der Waals surface area (Å²) in [6.45, 7) is 11.3. The predicted molar refractivity (Wildman–Crippen MR) is 150 cm³/mol. The molecular formula is C30H43N3O5. The van der Waals surface area contributed by atoms with Gasteiger partial charge in [-0.15, -0.1) is 0 Å². The molecule has 0 fully saturated rings. The third-order valence-corrected chi connectivity index (χ3v) is 5.91. The normalized spacial score (nSPS) is 12.7. The number of aryl methyl sites for hydroxylation is 1. The van der Waals surface area contributed by atoms with Gasteiger partial charge in [0.05, 0.1) is 7.11 Å². The van der Waals surface area contributed by atoms with Crippen LogP contribution < -0.4 is 15.4 Å². The molecular weight excluding hydrogens is 482 g/mol. The Morgan fingerprint density at radius 2 is 1.68 bits per heavy atom. The Bertz CT molecular complexity index is 1060. The highest BCUT2D eigenvalue weighted by atomic mass is 16.6. The summed E-state index contributed by atoms with van der Waals surface area (Å²) in [5.41, 5.74) is 1.56. The lowest BCUT2D eigenvalue weighted by Gasteiger charge is -2.34. The lowest BCUT2D eigenvalue weighted by Crippen LogP contribution is -2.51. The first-order valence-corrected chi connectivity index (χ1v) is 13.3. The lowest BCUT2D eigenvalue weighted by molar-refractivity contribution is -0.140. The van der Waals surface area contributed by atoms with Crippen molar-refractivity contribution in [1.82, 2.24) is 10.2 Å². The van der Waals surface area contributed by atoms with Crippen LogP contribution in [0.2, 0.25) is 0 Å². The van der Waals surface area contributed by atoms with Crippen LogP contribution in [0.1, 0.15) is 77.5 Å². The van der Waals surface area contributed by atoms with Gasteiger partial charge in [0.15, 0.2) is 0 Å². The van der Waals surface area contributed by atoms with Crippen LogP contribution in [0.4, 0.5) is 10.5 Å². The summed E-state index contributed by atoms with van der Waals surface area (Å²) < 4.78 is 10.6. The highest BCUT2D eigenvalue weighted by Crippen LogP contribution is 2.26. The largest absolute Gasteiger partial charge is 0.497 e. The number of nitrogens with one attached hydrogen (secondary N) is 2. The Morgan fingerprint density at radius 3 is 2.26 bits per heavy atom. The fourth-order valence-corrected chi connectivity index (χ4v) is 4.07. The molecule has 38 heavy (non-hydrogen) atoms. The molecule has 0 spiro atoms. The van der Waals surface area contributed by atoms with Gasteiger partial charge in [-0.25, -0.2) is 4.79 Å². The Balaban J connectivity index is 2.41. The quantitative estimate of drug-likeness (QED) is 0.331. The Hall–Kier alpha value is -3.55. The molecule has 8 heteroatoms. The number of alkyl carbamates (subject to hydrolysis) is 1. The topological polar surface area (TPSA) is 97.0 Å². The van der Waals surface area contributed by atoms with Crippen LogP contribution in [0.25, 0.3) is 0 Å². The summed E-state index contributed by atoms with van der Waals surface area (Å²) >= 11 is 0. The van der Waals surface area contributed by atoms with Gasteiger partial charge in [0.1, 0.15) is 23.4 Å². The van der Waals surface area contributed by atoms with Gasteiger partial charge in [0.2, 0.25) is 5.91 Å². The fraction of sp³-hybridized carbons (Fsp3) is 0.500. The zero-order chi connectivity index (χ0) is 28.3. The number of unbranched alkanes of at least 4 members (excludes halogenated alkanes) is 3. The number of hydrogen-bond acceptors (Lipinski definition) is 5. The van der Waals surface area contributed by atoms with E-state index in [0.29, 0.717) is 23.5 Å². The van der Waals surface area contributed by atoms with Crippen molar-refractivity contribution in [1.29, 1.82) is 0 Å². The molecule has 2 rings (SSSR count). The number of rotatable bonds is 12. The molecule has 8 nitrogen and oxygen atoms in total. The number of hydrogen-bond donors (Lipinski definition) is 2. The molecule has 0 saturated heterocycles. The molecule has 2 aromatic carbocycles. The zero-order valence-corrected chi connectivity index (χ0v) is 23.8. The summed E-state index contributed by atoms with van der Waals surface area (Å²) in [4.78, 5) is 41.6. The summed E-state index contributed by atoms with van der Waals surface area (Å²) in [6, 6.07) is 12.8. The average molecular weight is 526 g/mol. The molecule has 2 unspecified atom stereocenters. The number of carbonyl (C=O) groups is 3. The van der Waals surface area contributed by atoms with E-state index in [4.69, 9.17) is 9.47 Å². The second kappa shape index (κ2) is 14.4. The summed E-state index contributed by atoms with van der Waals surface area (Å²) in [5, 5.41) is 5.60. The van der Waals surface area contributed by atoms with E-state index >= 15 is 0 Å². The van der Waals surface area contributed by atoms with E-state index in [2.05, 4.69) is 17.6 Å². The van der Waals surface area contributed by atoms with E-state index in [9.17, 15) is 14.4 Å². The van der Waals surface area contributed by atoms with E-state index in [1.165, 1.54) is 0 Å². The molecule has 0 aromatic heterocycles. The Kier molecular flexibility index (Phi) is 11.6. The van der Waals surface area contributed by atoms with Crippen molar-refractivity contribution in [2.75, 3.05) is 19.0 Å². The number of benzene rings is 2. The van der Waals surface area contributed by atoms with Crippen molar-refractivity contribution < 1.29 is 23.9 Å². The van der Waals surface area contributed by atoms with Crippen LogP contribution in [0.15, 0.2) is 48.5 Å². The highest BCUT2D eigenvalue weighted by molar-refractivity contribution is 5.99. The summed E-state index contributed by atoms with van der Waals surface area (Å²) in [7, 11) is 1.58. The molecule has 2 N–H and O–H groups in total. The standard InChI is InChI=1S/C30H43N3O5/c1-8-9-10-11-19-33(28(35)22(3)31-29(36)38-30(4,5)6)26(23-14-12-13-21(2)20-23)27(34)32-24-15-17-25(37-7)18-16-24/h12-18,20,22,26H,8-11,19H2,1-7H3,(H,31,36)(H,32,34). The first kappa shape index (κ1) is 30.7. The van der Waals surface area contributed by atoms with Gasteiger partial charge >= 0.3 is 6.09 Å². The molecule has 0 aliphatic rings. The zero-order valence-electron chi connectivity index (χ0n) is 23.8. The van der Waals surface area contributed by atoms with Crippen LogP contribution in [0.3, 0.4) is 0 Å². The average Bonchev–Trinajstić information content (AvgIpc) is 2.84. The molecule has 3 amide bonds. The monoisotopic (exact) mass is 525 g/mol. The smallest absolute Gasteiger partial charge is 0.408 e. The number of carbonyl (C=O) groups excluding carboxylic acids is 3. The van der Waals surface area contributed by atoms with Crippen LogP contribution in [0.5, 0.6) is 5.75 Å². The maximum atomic E-state index is 13.8. The maximum absolute atomic E-state index is 13.8. The van der Waals surface area contributed by atoms with Crippen LogP contribution in [0, 0.1) is 6.92 Å². The van der Waals surface area contributed by atoms with Crippen molar-refractivity contribution in [3.05, 3.63) is 59.7 Å². The number of anilines is 1. The second-order valence-electron chi connectivity index (χ2n) is 10.5. The molecule has 0 aliphatic carbocycles. The van der Waals surface area contributed by atoms with Gasteiger partial charge in [-0.05, 0) is 70.9 Å². The lowest BCUT2D eigenvalue weighted by atomic mass is 10.00. The van der Waals surface area contributed by atoms with Crippen molar-refractivity contribution in [2.45, 2.75) is 84.9 Å². The van der Waals surface area contributed by atoms with E-state index in [0.717, 1.165) is 31.2 Å². The van der Waals surface area contributed by atoms with Crippen molar-refractivity contribution in [3.63, 3.8) is 0 Å². The molecule has 0 radical (unpaired) electrons. The molecule has 0 heterocycles. The number of amides is 3. The van der Waals surface area contributed by atoms with Gasteiger partial charge in [-0.2, -0.15) is 0 Å². The molecule has 0 aliphatic heterocycles. The molecule has 208 valence electrons. The third-order valence-electron chi connectivity index (χ3n) is 5.91. The van der Waals surface area contributed by atoms with Gasteiger partial charge in [-0.3, -0.25) is 9.59 Å². The third kappa shape index (κ3) is 9.72. The number of nitrogens with zero attached hydrogens (tertiary/aromatic N) is 1. The van der Waals surface area contributed by atoms with Gasteiger partial charge in [-0.1, -0.05) is 56.0 Å². The summed E-state index contributed by atoms with van der Waals surface area (Å²) in [5.74, 6) is -0.0224. The Morgan fingerprint density at radius 1 is 1.00 bits per heavy atom. The first-order chi connectivity index (χ1) is 17.9. The maximum Gasteiger partial charge on any atom is 0.408 e.